The SMILES string of the molecule is CS(=O)(=O)CCCC(CCOc1ccccc1)NN. The molecule has 1 aromatic rings. The Kier molecular flexibility index (Phi) is 6.83. The van der Waals surface area contributed by atoms with Crippen molar-refractivity contribution >= 4 is 9.84 Å². The molecule has 0 aliphatic heterocycles. The molecule has 108 valence electrons. The van der Waals surface area contributed by atoms with Crippen LogP contribution in [0.1, 0.15) is 19.3 Å². The zero-order valence-corrected chi connectivity index (χ0v) is 12.0. The molecule has 0 bridgehead atoms. The second kappa shape index (κ2) is 8.14. The third-order valence-corrected chi connectivity index (χ3v) is 3.81. The highest BCUT2D eigenvalue weighted by atomic mass is 32.2. The summed E-state index contributed by atoms with van der Waals surface area (Å²) in [5.74, 6) is 6.47. The minimum absolute atomic E-state index is 0.0745. The lowest BCUT2D eigenvalue weighted by Crippen LogP contribution is -2.36. The van der Waals surface area contributed by atoms with Crippen molar-refractivity contribution in [1.82, 2.24) is 5.43 Å². The molecule has 0 aromatic heterocycles. The topological polar surface area (TPSA) is 81.4 Å². The predicted octanol–water partition coefficient (Wildman–Crippen LogP) is 1.11. The van der Waals surface area contributed by atoms with Gasteiger partial charge in [-0.05, 0) is 31.4 Å². The van der Waals surface area contributed by atoms with Gasteiger partial charge < -0.3 is 4.74 Å². The number of sulfone groups is 1. The van der Waals surface area contributed by atoms with Crippen LogP contribution in [0.3, 0.4) is 0 Å². The van der Waals surface area contributed by atoms with E-state index in [1.54, 1.807) is 0 Å². The second-order valence-electron chi connectivity index (χ2n) is 4.59. The van der Waals surface area contributed by atoms with Gasteiger partial charge in [0, 0.05) is 18.1 Å². The number of hydrazine groups is 1. The van der Waals surface area contributed by atoms with Crippen molar-refractivity contribution in [3.8, 4) is 5.75 Å². The molecule has 1 unspecified atom stereocenters. The molecule has 0 radical (unpaired) electrons. The average Bonchev–Trinajstić information content (AvgIpc) is 2.37. The number of para-hydroxylation sites is 1. The molecule has 0 fully saturated rings. The number of hydrogen-bond acceptors (Lipinski definition) is 5. The largest absolute Gasteiger partial charge is 0.494 e. The molecule has 0 spiro atoms. The van der Waals surface area contributed by atoms with Crippen LogP contribution in [0.15, 0.2) is 30.3 Å². The normalized spacial score (nSPS) is 13.2. The van der Waals surface area contributed by atoms with E-state index in [1.807, 2.05) is 30.3 Å². The Balaban J connectivity index is 2.22. The van der Waals surface area contributed by atoms with Gasteiger partial charge in [-0.3, -0.25) is 11.3 Å². The molecule has 0 aliphatic rings. The summed E-state index contributed by atoms with van der Waals surface area (Å²) in [4.78, 5) is 0. The Labute approximate surface area is 115 Å². The smallest absolute Gasteiger partial charge is 0.147 e. The number of rotatable bonds is 9. The van der Waals surface area contributed by atoms with Gasteiger partial charge in [-0.1, -0.05) is 18.2 Å². The van der Waals surface area contributed by atoms with Crippen LogP contribution >= 0.6 is 0 Å². The molecule has 0 saturated heterocycles. The maximum Gasteiger partial charge on any atom is 0.147 e. The molecule has 6 heteroatoms. The van der Waals surface area contributed by atoms with Gasteiger partial charge in [0.2, 0.25) is 0 Å². The molecule has 1 atom stereocenters. The Bertz CT molecular complexity index is 448. The van der Waals surface area contributed by atoms with Gasteiger partial charge in [0.25, 0.3) is 0 Å². The van der Waals surface area contributed by atoms with Crippen molar-refractivity contribution in [2.45, 2.75) is 25.3 Å². The van der Waals surface area contributed by atoms with Crippen molar-refractivity contribution in [2.75, 3.05) is 18.6 Å². The first kappa shape index (κ1) is 15.9. The Hall–Kier alpha value is -1.11. The van der Waals surface area contributed by atoms with E-state index in [0.717, 1.165) is 18.6 Å². The van der Waals surface area contributed by atoms with E-state index >= 15 is 0 Å². The van der Waals surface area contributed by atoms with Gasteiger partial charge in [-0.15, -0.1) is 0 Å². The molecule has 0 aliphatic carbocycles. The first-order valence-electron chi connectivity index (χ1n) is 6.33. The van der Waals surface area contributed by atoms with E-state index in [1.165, 1.54) is 6.26 Å². The highest BCUT2D eigenvalue weighted by molar-refractivity contribution is 7.90. The van der Waals surface area contributed by atoms with Crippen LogP contribution in [0.5, 0.6) is 5.75 Å². The van der Waals surface area contributed by atoms with Crippen LogP contribution in [-0.4, -0.2) is 33.1 Å². The number of ether oxygens (including phenoxy) is 1. The lowest BCUT2D eigenvalue weighted by molar-refractivity contribution is 0.281. The lowest BCUT2D eigenvalue weighted by atomic mass is 10.1. The summed E-state index contributed by atoms with van der Waals surface area (Å²) in [6, 6.07) is 9.64. The van der Waals surface area contributed by atoms with E-state index < -0.39 is 9.84 Å². The van der Waals surface area contributed by atoms with E-state index in [4.69, 9.17) is 10.6 Å². The van der Waals surface area contributed by atoms with Crippen molar-refractivity contribution < 1.29 is 13.2 Å². The summed E-state index contributed by atoms with van der Waals surface area (Å²) < 4.78 is 27.6. The lowest BCUT2D eigenvalue weighted by Gasteiger charge is -2.15. The zero-order chi connectivity index (χ0) is 14.1. The monoisotopic (exact) mass is 286 g/mol. The van der Waals surface area contributed by atoms with Gasteiger partial charge >= 0.3 is 0 Å². The summed E-state index contributed by atoms with van der Waals surface area (Å²) >= 11 is 0. The van der Waals surface area contributed by atoms with Crippen LogP contribution in [0.4, 0.5) is 0 Å². The fraction of sp³-hybridized carbons (Fsp3) is 0.538. The zero-order valence-electron chi connectivity index (χ0n) is 11.2. The Morgan fingerprint density at radius 2 is 1.95 bits per heavy atom. The van der Waals surface area contributed by atoms with Crippen LogP contribution in [0.25, 0.3) is 0 Å². The standard InChI is InChI=1S/C13H22N2O3S/c1-19(16,17)11-5-6-12(15-14)9-10-18-13-7-3-2-4-8-13/h2-4,7-8,12,15H,5-6,9-11,14H2,1H3. The molecule has 0 heterocycles. The maximum absolute atomic E-state index is 11.0. The van der Waals surface area contributed by atoms with Crippen LogP contribution < -0.4 is 16.0 Å². The summed E-state index contributed by atoms with van der Waals surface area (Å²) in [6.45, 7) is 0.553. The molecule has 0 amide bonds. The summed E-state index contributed by atoms with van der Waals surface area (Å²) in [5.41, 5.74) is 2.70. The third-order valence-electron chi connectivity index (χ3n) is 2.78. The highest BCUT2D eigenvalue weighted by Gasteiger charge is 2.09. The third kappa shape index (κ3) is 7.81. The first-order valence-corrected chi connectivity index (χ1v) is 8.39. The van der Waals surface area contributed by atoms with Gasteiger partial charge in [-0.25, -0.2) is 8.42 Å². The molecule has 0 saturated carbocycles. The minimum Gasteiger partial charge on any atom is -0.494 e. The van der Waals surface area contributed by atoms with Gasteiger partial charge in [0.1, 0.15) is 15.6 Å². The van der Waals surface area contributed by atoms with Crippen molar-refractivity contribution in [3.63, 3.8) is 0 Å². The van der Waals surface area contributed by atoms with Crippen molar-refractivity contribution in [1.29, 1.82) is 0 Å². The Morgan fingerprint density at radius 1 is 1.26 bits per heavy atom. The number of hydrogen-bond donors (Lipinski definition) is 2. The van der Waals surface area contributed by atoms with E-state index in [9.17, 15) is 8.42 Å². The summed E-state index contributed by atoms with van der Waals surface area (Å²) in [7, 11) is -2.89. The van der Waals surface area contributed by atoms with Gasteiger partial charge in [-0.2, -0.15) is 0 Å². The fourth-order valence-corrected chi connectivity index (χ4v) is 2.43. The minimum atomic E-state index is -2.89. The molecule has 19 heavy (non-hydrogen) atoms. The quantitative estimate of drug-likeness (QED) is 0.525. The predicted molar refractivity (Wildman–Crippen MR) is 76.6 cm³/mol. The van der Waals surface area contributed by atoms with Gasteiger partial charge in [0.05, 0.1) is 6.61 Å². The van der Waals surface area contributed by atoms with E-state index in [0.29, 0.717) is 13.0 Å². The number of nitrogens with two attached hydrogens (primary N) is 1. The van der Waals surface area contributed by atoms with Crippen LogP contribution in [-0.2, 0) is 9.84 Å². The maximum atomic E-state index is 11.0. The summed E-state index contributed by atoms with van der Waals surface area (Å²) in [5, 5.41) is 0. The second-order valence-corrected chi connectivity index (χ2v) is 6.85. The van der Waals surface area contributed by atoms with E-state index in [2.05, 4.69) is 5.43 Å². The Morgan fingerprint density at radius 3 is 2.53 bits per heavy atom. The number of benzene rings is 1. The van der Waals surface area contributed by atoms with Gasteiger partial charge in [0.15, 0.2) is 0 Å². The van der Waals surface area contributed by atoms with Crippen molar-refractivity contribution in [3.05, 3.63) is 30.3 Å². The molecular formula is C13H22N2O3S. The molecule has 3 N–H and O–H groups in total. The molecule has 1 rings (SSSR count). The fourth-order valence-electron chi connectivity index (χ4n) is 1.74. The number of nitrogens with one attached hydrogen (secondary N) is 1. The average molecular weight is 286 g/mol. The highest BCUT2D eigenvalue weighted by Crippen LogP contribution is 2.10. The van der Waals surface area contributed by atoms with Crippen LogP contribution in [0, 0.1) is 0 Å². The van der Waals surface area contributed by atoms with Crippen molar-refractivity contribution in [2.24, 2.45) is 5.84 Å². The molecule has 1 aromatic carbocycles. The molecule has 5 nitrogen and oxygen atoms in total. The van der Waals surface area contributed by atoms with E-state index in [-0.39, 0.29) is 11.8 Å². The first-order chi connectivity index (χ1) is 9.01. The molecular weight excluding hydrogens is 264 g/mol. The summed E-state index contributed by atoms with van der Waals surface area (Å²) in [6.07, 6.45) is 3.33. The van der Waals surface area contributed by atoms with Crippen LogP contribution in [0.2, 0.25) is 0 Å².